The van der Waals surface area contributed by atoms with Crippen LogP contribution in [0.1, 0.15) is 40.2 Å². The van der Waals surface area contributed by atoms with Crippen molar-refractivity contribution in [3.8, 4) is 11.1 Å². The molecule has 2 N–H and O–H groups in total. The predicted molar refractivity (Wildman–Crippen MR) is 126 cm³/mol. The number of aromatic nitrogens is 2. The van der Waals surface area contributed by atoms with Crippen molar-refractivity contribution in [1.29, 1.82) is 0 Å². The number of carbonyl (C=O) groups excluding carboxylic acids is 2. The van der Waals surface area contributed by atoms with Gasteiger partial charge >= 0.3 is 12.1 Å². The third-order valence-electron chi connectivity index (χ3n) is 5.85. The van der Waals surface area contributed by atoms with Crippen molar-refractivity contribution in [3.63, 3.8) is 0 Å². The largest absolute Gasteiger partial charge is 0.481 e. The maximum Gasteiger partial charge on any atom is 0.412 e. The van der Waals surface area contributed by atoms with Gasteiger partial charge in [-0.15, -0.1) is 0 Å². The maximum absolute atomic E-state index is 12.8. The molecule has 4 rings (SSSR count). The fourth-order valence-corrected chi connectivity index (χ4v) is 4.24. The number of aryl methyl sites for hydroxylation is 1. The lowest BCUT2D eigenvalue weighted by molar-refractivity contribution is -0.137. The lowest BCUT2D eigenvalue weighted by Crippen LogP contribution is -2.29. The summed E-state index contributed by atoms with van der Waals surface area (Å²) in [6.07, 6.45) is 1.10. The van der Waals surface area contributed by atoms with E-state index in [0.29, 0.717) is 6.42 Å². The van der Waals surface area contributed by atoms with E-state index in [1.807, 2.05) is 36.4 Å². The topological polar surface area (TPSA) is 114 Å². The molecule has 0 unspecified atom stereocenters. The smallest absolute Gasteiger partial charge is 0.412 e. The van der Waals surface area contributed by atoms with Gasteiger partial charge in [-0.05, 0) is 28.7 Å². The molecule has 0 aliphatic heterocycles. The zero-order valence-corrected chi connectivity index (χ0v) is 19.0. The van der Waals surface area contributed by atoms with Crippen molar-refractivity contribution in [3.05, 3.63) is 71.4 Å². The van der Waals surface area contributed by atoms with Crippen molar-refractivity contribution in [2.75, 3.05) is 25.5 Å². The van der Waals surface area contributed by atoms with Gasteiger partial charge in [0.15, 0.2) is 5.82 Å². The monoisotopic (exact) mass is 462 g/mol. The Balaban J connectivity index is 1.42. The maximum atomic E-state index is 12.8. The summed E-state index contributed by atoms with van der Waals surface area (Å²) in [6.45, 7) is 0.412. The standard InChI is InChI=1S/C25H26N4O5/c1-28(13-7-12-22(30)31)24(32)20-14-29(2)27-23(20)26-25(33)34-15-21-18-10-5-3-8-16(18)17-9-4-6-11-19(17)21/h3-6,8-11,14,21H,7,12-13,15H2,1-2H3,(H,30,31)(H,26,27,33). The first-order valence-electron chi connectivity index (χ1n) is 11.0. The van der Waals surface area contributed by atoms with E-state index in [9.17, 15) is 14.4 Å². The second-order valence-corrected chi connectivity index (χ2v) is 8.24. The number of carboxylic acid groups (broad SMARTS) is 1. The zero-order valence-electron chi connectivity index (χ0n) is 19.0. The highest BCUT2D eigenvalue weighted by Gasteiger charge is 2.29. The highest BCUT2D eigenvalue weighted by Crippen LogP contribution is 2.44. The van der Waals surface area contributed by atoms with Gasteiger partial charge in [0.05, 0.1) is 0 Å². The Bertz CT molecular complexity index is 1190. The molecule has 1 heterocycles. The van der Waals surface area contributed by atoms with Crippen LogP contribution in [-0.4, -0.2) is 58.0 Å². The molecular weight excluding hydrogens is 436 g/mol. The molecule has 34 heavy (non-hydrogen) atoms. The summed E-state index contributed by atoms with van der Waals surface area (Å²) in [4.78, 5) is 37.6. The van der Waals surface area contributed by atoms with Crippen LogP contribution in [0.25, 0.3) is 11.1 Å². The number of rotatable bonds is 8. The van der Waals surface area contributed by atoms with Gasteiger partial charge in [0, 0.05) is 39.2 Å². The highest BCUT2D eigenvalue weighted by atomic mass is 16.5. The molecule has 0 fully saturated rings. The molecule has 0 saturated carbocycles. The van der Waals surface area contributed by atoms with Crippen LogP contribution in [0, 0.1) is 0 Å². The number of aliphatic carboxylic acids is 1. The van der Waals surface area contributed by atoms with Crippen molar-refractivity contribution in [2.45, 2.75) is 18.8 Å². The summed E-state index contributed by atoms with van der Waals surface area (Å²) in [5, 5.41) is 15.5. The van der Waals surface area contributed by atoms with E-state index >= 15 is 0 Å². The number of benzene rings is 2. The van der Waals surface area contributed by atoms with E-state index in [-0.39, 0.29) is 42.8 Å². The van der Waals surface area contributed by atoms with Gasteiger partial charge in [-0.1, -0.05) is 48.5 Å². The van der Waals surface area contributed by atoms with Crippen LogP contribution in [0.5, 0.6) is 0 Å². The lowest BCUT2D eigenvalue weighted by Gasteiger charge is -2.17. The minimum absolute atomic E-state index is 0.0322. The molecule has 0 atom stereocenters. The minimum atomic E-state index is -0.917. The minimum Gasteiger partial charge on any atom is -0.481 e. The van der Waals surface area contributed by atoms with E-state index in [1.165, 1.54) is 15.8 Å². The van der Waals surface area contributed by atoms with Crippen LogP contribution in [0.15, 0.2) is 54.7 Å². The number of hydrogen-bond donors (Lipinski definition) is 2. The normalized spacial score (nSPS) is 12.1. The summed E-state index contributed by atoms with van der Waals surface area (Å²) in [7, 11) is 3.22. The van der Waals surface area contributed by atoms with E-state index in [2.05, 4.69) is 22.5 Å². The van der Waals surface area contributed by atoms with Crippen LogP contribution < -0.4 is 5.32 Å². The van der Waals surface area contributed by atoms with Gasteiger partial charge in [-0.25, -0.2) is 4.79 Å². The molecule has 2 aromatic carbocycles. The van der Waals surface area contributed by atoms with Crippen molar-refractivity contribution >= 4 is 23.8 Å². The number of nitrogens with zero attached hydrogens (tertiary/aromatic N) is 3. The van der Waals surface area contributed by atoms with Crippen molar-refractivity contribution in [2.24, 2.45) is 7.05 Å². The number of fused-ring (bicyclic) bond motifs is 3. The van der Waals surface area contributed by atoms with Gasteiger partial charge in [0.25, 0.3) is 5.91 Å². The summed E-state index contributed by atoms with van der Waals surface area (Å²) in [5.41, 5.74) is 4.68. The number of carbonyl (C=O) groups is 3. The summed E-state index contributed by atoms with van der Waals surface area (Å²) < 4.78 is 6.98. The highest BCUT2D eigenvalue weighted by molar-refractivity contribution is 6.01. The number of carboxylic acids is 1. The molecule has 9 nitrogen and oxygen atoms in total. The zero-order chi connectivity index (χ0) is 24.2. The van der Waals surface area contributed by atoms with Gasteiger partial charge < -0.3 is 14.7 Å². The fraction of sp³-hybridized carbons (Fsp3) is 0.280. The second kappa shape index (κ2) is 9.78. The number of hydrogen-bond acceptors (Lipinski definition) is 5. The van der Waals surface area contributed by atoms with Crippen LogP contribution in [-0.2, 0) is 16.6 Å². The Hall–Kier alpha value is -4.14. The molecule has 176 valence electrons. The molecule has 1 aromatic heterocycles. The van der Waals surface area contributed by atoms with Gasteiger partial charge in [-0.3, -0.25) is 19.6 Å². The SMILES string of the molecule is CN(CCCC(=O)O)C(=O)c1cn(C)nc1NC(=O)OCC1c2ccccc2-c2ccccc21. The van der Waals surface area contributed by atoms with Crippen molar-refractivity contribution < 1.29 is 24.2 Å². The van der Waals surface area contributed by atoms with Gasteiger partial charge in [0.1, 0.15) is 12.2 Å². The molecule has 2 amide bonds. The Morgan fingerprint density at radius 1 is 1.09 bits per heavy atom. The molecule has 0 bridgehead atoms. The van der Waals surface area contributed by atoms with Crippen molar-refractivity contribution in [1.82, 2.24) is 14.7 Å². The summed E-state index contributed by atoms with van der Waals surface area (Å²) in [6, 6.07) is 16.1. The number of anilines is 1. The number of amides is 2. The Labute approximate surface area is 196 Å². The van der Waals surface area contributed by atoms with Crippen LogP contribution in [0.4, 0.5) is 10.6 Å². The quantitative estimate of drug-likeness (QED) is 0.527. The van der Waals surface area contributed by atoms with E-state index in [0.717, 1.165) is 22.3 Å². The van der Waals surface area contributed by atoms with Gasteiger partial charge in [-0.2, -0.15) is 5.10 Å². The Morgan fingerprint density at radius 2 is 1.71 bits per heavy atom. The third-order valence-corrected chi connectivity index (χ3v) is 5.85. The van der Waals surface area contributed by atoms with E-state index in [4.69, 9.17) is 9.84 Å². The average Bonchev–Trinajstić information content (AvgIpc) is 3.34. The molecule has 0 saturated heterocycles. The molecule has 3 aromatic rings. The van der Waals surface area contributed by atoms with E-state index in [1.54, 1.807) is 14.1 Å². The lowest BCUT2D eigenvalue weighted by atomic mass is 9.98. The van der Waals surface area contributed by atoms with Crippen LogP contribution in [0.3, 0.4) is 0 Å². The number of nitrogens with one attached hydrogen (secondary N) is 1. The number of ether oxygens (including phenoxy) is 1. The molecule has 0 radical (unpaired) electrons. The van der Waals surface area contributed by atoms with E-state index < -0.39 is 12.1 Å². The first-order valence-corrected chi connectivity index (χ1v) is 11.0. The molecule has 0 spiro atoms. The fourth-order valence-electron chi connectivity index (χ4n) is 4.24. The third kappa shape index (κ3) is 4.78. The second-order valence-electron chi connectivity index (χ2n) is 8.24. The first kappa shape index (κ1) is 23.0. The molecule has 9 heteroatoms. The average molecular weight is 463 g/mol. The molecular formula is C25H26N4O5. The molecule has 1 aliphatic carbocycles. The van der Waals surface area contributed by atoms with Crippen LogP contribution in [0.2, 0.25) is 0 Å². The predicted octanol–water partition coefficient (Wildman–Crippen LogP) is 3.72. The van der Waals surface area contributed by atoms with Crippen LogP contribution >= 0.6 is 0 Å². The first-order chi connectivity index (χ1) is 16.3. The summed E-state index contributed by atoms with van der Waals surface area (Å²) >= 11 is 0. The molecule has 1 aliphatic rings. The summed E-state index contributed by atoms with van der Waals surface area (Å²) in [5.74, 6) is -1.27. The van der Waals surface area contributed by atoms with Gasteiger partial charge in [0.2, 0.25) is 0 Å². The Kier molecular flexibility index (Phi) is 6.62. The Morgan fingerprint density at radius 3 is 2.32 bits per heavy atom.